The number of hydrogen-bond acceptors (Lipinski definition) is 5. The molecule has 0 aliphatic carbocycles. The van der Waals surface area contributed by atoms with Crippen LogP contribution in [0.5, 0.6) is 5.75 Å². The van der Waals surface area contributed by atoms with Crippen LogP contribution in [0.4, 0.5) is 11.4 Å². The van der Waals surface area contributed by atoms with Gasteiger partial charge in [-0.2, -0.15) is 4.31 Å². The van der Waals surface area contributed by atoms with Crippen molar-refractivity contribution in [2.45, 2.75) is 31.8 Å². The maximum Gasteiger partial charge on any atom is 0.243 e. The molecule has 0 saturated carbocycles. The maximum atomic E-state index is 13.3. The van der Waals surface area contributed by atoms with E-state index in [2.05, 4.69) is 30.0 Å². The summed E-state index contributed by atoms with van der Waals surface area (Å²) < 4.78 is 33.9. The highest BCUT2D eigenvalue weighted by Gasteiger charge is 2.32. The second kappa shape index (κ2) is 7.92. The van der Waals surface area contributed by atoms with Crippen molar-refractivity contribution in [3.8, 4) is 5.75 Å². The lowest BCUT2D eigenvalue weighted by molar-refractivity contribution is -0.117. The number of piperazine rings is 1. The van der Waals surface area contributed by atoms with Crippen molar-refractivity contribution in [1.29, 1.82) is 0 Å². The number of sulfonamides is 1. The predicted octanol–water partition coefficient (Wildman–Crippen LogP) is 2.64. The van der Waals surface area contributed by atoms with Crippen LogP contribution < -0.4 is 14.5 Å². The molecule has 0 bridgehead atoms. The monoisotopic (exact) mass is 429 g/mol. The summed E-state index contributed by atoms with van der Waals surface area (Å²) in [6, 6.07) is 13.0. The SMILES string of the molecule is CC(=O)N1CC(C)Oc2ccc(S(=O)(=O)N3CCN(c4cccc(C)c4)CC3)cc21. The van der Waals surface area contributed by atoms with Crippen LogP contribution in [0.2, 0.25) is 0 Å². The molecule has 1 amide bonds. The molecule has 1 unspecified atom stereocenters. The predicted molar refractivity (Wildman–Crippen MR) is 117 cm³/mol. The number of rotatable bonds is 3. The van der Waals surface area contributed by atoms with Gasteiger partial charge in [-0.05, 0) is 49.7 Å². The first-order valence-electron chi connectivity index (χ1n) is 10.2. The fraction of sp³-hybridized carbons (Fsp3) is 0.409. The molecular weight excluding hydrogens is 402 g/mol. The second-order valence-corrected chi connectivity index (χ2v) is 9.86. The minimum absolute atomic E-state index is 0.132. The number of nitrogens with zero attached hydrogens (tertiary/aromatic N) is 3. The van der Waals surface area contributed by atoms with E-state index in [-0.39, 0.29) is 16.9 Å². The minimum Gasteiger partial charge on any atom is -0.487 e. The van der Waals surface area contributed by atoms with E-state index in [1.165, 1.54) is 16.8 Å². The molecule has 2 aliphatic heterocycles. The molecule has 7 nitrogen and oxygen atoms in total. The van der Waals surface area contributed by atoms with E-state index < -0.39 is 10.0 Å². The Bertz CT molecular complexity index is 1060. The number of benzene rings is 2. The van der Waals surface area contributed by atoms with E-state index in [4.69, 9.17) is 4.74 Å². The molecule has 160 valence electrons. The Balaban J connectivity index is 1.55. The van der Waals surface area contributed by atoms with E-state index in [0.717, 1.165) is 5.69 Å². The lowest BCUT2D eigenvalue weighted by Crippen LogP contribution is -2.48. The number of fused-ring (bicyclic) bond motifs is 1. The zero-order chi connectivity index (χ0) is 21.5. The van der Waals surface area contributed by atoms with Crippen LogP contribution in [0.1, 0.15) is 19.4 Å². The number of amides is 1. The van der Waals surface area contributed by atoms with E-state index in [9.17, 15) is 13.2 Å². The molecule has 0 aromatic heterocycles. The molecule has 2 aromatic rings. The first-order valence-corrected chi connectivity index (χ1v) is 11.6. The van der Waals surface area contributed by atoms with Crippen molar-refractivity contribution in [3.05, 3.63) is 48.0 Å². The molecule has 0 N–H and O–H groups in total. The number of ether oxygens (including phenoxy) is 1. The first-order chi connectivity index (χ1) is 14.3. The highest BCUT2D eigenvalue weighted by atomic mass is 32.2. The van der Waals surface area contributed by atoms with Crippen molar-refractivity contribution >= 4 is 27.3 Å². The number of aryl methyl sites for hydroxylation is 1. The third-order valence-electron chi connectivity index (χ3n) is 5.61. The molecule has 8 heteroatoms. The van der Waals surface area contributed by atoms with Gasteiger partial charge in [-0.1, -0.05) is 12.1 Å². The van der Waals surface area contributed by atoms with Crippen LogP contribution in [0.15, 0.2) is 47.4 Å². The summed E-state index contributed by atoms with van der Waals surface area (Å²) in [6.45, 7) is 7.91. The Morgan fingerprint density at radius 1 is 1.07 bits per heavy atom. The van der Waals surface area contributed by atoms with Crippen LogP contribution in [0, 0.1) is 6.92 Å². The lowest BCUT2D eigenvalue weighted by Gasteiger charge is -2.36. The van der Waals surface area contributed by atoms with Gasteiger partial charge >= 0.3 is 0 Å². The zero-order valence-electron chi connectivity index (χ0n) is 17.5. The van der Waals surface area contributed by atoms with Crippen molar-refractivity contribution in [3.63, 3.8) is 0 Å². The summed E-state index contributed by atoms with van der Waals surface area (Å²) in [5, 5.41) is 0. The lowest BCUT2D eigenvalue weighted by atomic mass is 10.2. The summed E-state index contributed by atoms with van der Waals surface area (Å²) >= 11 is 0. The molecule has 1 fully saturated rings. The first kappa shape index (κ1) is 20.7. The molecule has 1 saturated heterocycles. The molecule has 4 rings (SSSR count). The quantitative estimate of drug-likeness (QED) is 0.750. The van der Waals surface area contributed by atoms with Crippen molar-refractivity contribution < 1.29 is 17.9 Å². The number of carbonyl (C=O) groups excluding carboxylic acids is 1. The fourth-order valence-electron chi connectivity index (χ4n) is 4.04. The summed E-state index contributed by atoms with van der Waals surface area (Å²) in [5.41, 5.74) is 2.81. The van der Waals surface area contributed by atoms with E-state index in [1.54, 1.807) is 23.1 Å². The summed E-state index contributed by atoms with van der Waals surface area (Å²) in [7, 11) is -3.66. The summed E-state index contributed by atoms with van der Waals surface area (Å²) in [6.07, 6.45) is -0.140. The fourth-order valence-corrected chi connectivity index (χ4v) is 5.48. The van der Waals surface area contributed by atoms with Gasteiger partial charge in [0.15, 0.2) is 0 Å². The maximum absolute atomic E-state index is 13.3. The highest BCUT2D eigenvalue weighted by Crippen LogP contribution is 2.36. The van der Waals surface area contributed by atoms with E-state index in [1.807, 2.05) is 13.0 Å². The Morgan fingerprint density at radius 2 is 1.80 bits per heavy atom. The van der Waals surface area contributed by atoms with Crippen LogP contribution in [0.25, 0.3) is 0 Å². The number of carbonyl (C=O) groups is 1. The van der Waals surface area contributed by atoms with Crippen LogP contribution in [-0.4, -0.2) is 57.5 Å². The summed E-state index contributed by atoms with van der Waals surface area (Å²) in [5.74, 6) is 0.403. The molecule has 30 heavy (non-hydrogen) atoms. The standard InChI is InChI=1S/C22H27N3O4S/c1-16-5-4-6-19(13-16)23-9-11-24(12-10-23)30(27,28)20-7-8-22-21(14-20)25(18(3)26)15-17(2)29-22/h4-8,13-14,17H,9-12,15H2,1-3H3. The van der Waals surface area contributed by atoms with Gasteiger partial charge in [-0.3, -0.25) is 4.79 Å². The number of hydrogen-bond donors (Lipinski definition) is 0. The van der Waals surface area contributed by atoms with Crippen molar-refractivity contribution in [1.82, 2.24) is 4.31 Å². The largest absolute Gasteiger partial charge is 0.487 e. The van der Waals surface area contributed by atoms with Gasteiger partial charge in [0, 0.05) is 38.8 Å². The van der Waals surface area contributed by atoms with Crippen LogP contribution in [0.3, 0.4) is 0 Å². The third kappa shape index (κ3) is 3.89. The molecule has 2 aliphatic rings. The van der Waals surface area contributed by atoms with Gasteiger partial charge in [-0.25, -0.2) is 8.42 Å². The van der Waals surface area contributed by atoms with E-state index >= 15 is 0 Å². The second-order valence-electron chi connectivity index (χ2n) is 7.92. The average molecular weight is 430 g/mol. The summed E-state index contributed by atoms with van der Waals surface area (Å²) in [4.78, 5) is 16.0. The van der Waals surface area contributed by atoms with Crippen LogP contribution >= 0.6 is 0 Å². The topological polar surface area (TPSA) is 70.2 Å². The van der Waals surface area contributed by atoms with Gasteiger partial charge in [0.2, 0.25) is 15.9 Å². The molecule has 0 spiro atoms. The number of anilines is 2. The Morgan fingerprint density at radius 3 is 2.47 bits per heavy atom. The molecule has 0 radical (unpaired) electrons. The third-order valence-corrected chi connectivity index (χ3v) is 7.51. The van der Waals surface area contributed by atoms with Crippen molar-refractivity contribution in [2.75, 3.05) is 42.5 Å². The zero-order valence-corrected chi connectivity index (χ0v) is 18.4. The molecular formula is C22H27N3O4S. The molecule has 1 atom stereocenters. The van der Waals surface area contributed by atoms with Crippen molar-refractivity contribution in [2.24, 2.45) is 0 Å². The van der Waals surface area contributed by atoms with Gasteiger partial charge in [0.1, 0.15) is 11.9 Å². The van der Waals surface area contributed by atoms with Gasteiger partial charge in [0.05, 0.1) is 17.1 Å². The highest BCUT2D eigenvalue weighted by molar-refractivity contribution is 7.89. The normalized spacial score (nSPS) is 19.9. The van der Waals surface area contributed by atoms with Gasteiger partial charge in [0.25, 0.3) is 0 Å². The van der Waals surface area contributed by atoms with E-state index in [0.29, 0.717) is 44.2 Å². The Labute approximate surface area is 177 Å². The molecule has 2 heterocycles. The van der Waals surface area contributed by atoms with Gasteiger partial charge < -0.3 is 14.5 Å². The van der Waals surface area contributed by atoms with Gasteiger partial charge in [-0.15, -0.1) is 0 Å². The molecule has 2 aromatic carbocycles. The van der Waals surface area contributed by atoms with Crippen LogP contribution in [-0.2, 0) is 14.8 Å². The average Bonchev–Trinajstić information content (AvgIpc) is 2.72. The Kier molecular flexibility index (Phi) is 5.46. The Hall–Kier alpha value is -2.58. The minimum atomic E-state index is -3.66. The smallest absolute Gasteiger partial charge is 0.243 e.